The summed E-state index contributed by atoms with van der Waals surface area (Å²) in [5.74, 6) is 0.829. The lowest BCUT2D eigenvalue weighted by molar-refractivity contribution is -0.384. The van der Waals surface area contributed by atoms with E-state index in [1.54, 1.807) is 11.4 Å². The van der Waals surface area contributed by atoms with Gasteiger partial charge in [0.2, 0.25) is 10.0 Å². The average molecular weight is 504 g/mol. The summed E-state index contributed by atoms with van der Waals surface area (Å²) in [7, 11) is -3.81. The molecule has 14 heteroatoms. The number of piperazine rings is 1. The topological polar surface area (TPSA) is 153 Å². The van der Waals surface area contributed by atoms with Crippen LogP contribution in [0.5, 0.6) is 0 Å². The number of nitro groups is 1. The number of non-ortho nitro benzene ring substituents is 1. The van der Waals surface area contributed by atoms with Crippen molar-refractivity contribution in [1.82, 2.24) is 23.9 Å². The molecule has 0 aliphatic carbocycles. The van der Waals surface area contributed by atoms with Crippen molar-refractivity contribution < 1.29 is 22.9 Å². The van der Waals surface area contributed by atoms with E-state index in [2.05, 4.69) is 15.1 Å². The SMILES string of the molecule is CCOC(=O)CCc1c(C)nc2ncnn2c1N1CCN(S(=O)(=O)c2ccc([N+](=O)[O-])cc2)CC1. The molecule has 35 heavy (non-hydrogen) atoms. The highest BCUT2D eigenvalue weighted by molar-refractivity contribution is 7.89. The Balaban J connectivity index is 1.56. The van der Waals surface area contributed by atoms with Crippen molar-refractivity contribution in [1.29, 1.82) is 0 Å². The minimum Gasteiger partial charge on any atom is -0.466 e. The number of rotatable bonds is 8. The van der Waals surface area contributed by atoms with Crippen LogP contribution in [0.3, 0.4) is 0 Å². The van der Waals surface area contributed by atoms with Crippen molar-refractivity contribution in [3.8, 4) is 0 Å². The molecule has 4 rings (SSSR count). The van der Waals surface area contributed by atoms with Crippen LogP contribution >= 0.6 is 0 Å². The lowest BCUT2D eigenvalue weighted by atomic mass is 10.1. The molecule has 0 bridgehead atoms. The number of ether oxygens (including phenoxy) is 1. The van der Waals surface area contributed by atoms with E-state index in [9.17, 15) is 23.3 Å². The maximum absolute atomic E-state index is 13.1. The van der Waals surface area contributed by atoms with Gasteiger partial charge in [0.05, 0.1) is 16.4 Å². The van der Waals surface area contributed by atoms with Gasteiger partial charge >= 0.3 is 5.97 Å². The van der Waals surface area contributed by atoms with E-state index in [0.717, 1.165) is 11.4 Å². The lowest BCUT2D eigenvalue weighted by Gasteiger charge is -2.36. The van der Waals surface area contributed by atoms with Gasteiger partial charge in [-0.05, 0) is 32.4 Å². The fourth-order valence-electron chi connectivity index (χ4n) is 4.08. The van der Waals surface area contributed by atoms with Crippen molar-refractivity contribution >= 4 is 33.3 Å². The summed E-state index contributed by atoms with van der Waals surface area (Å²) < 4.78 is 34.2. The monoisotopic (exact) mass is 503 g/mol. The first kappa shape index (κ1) is 24.5. The molecule has 2 aromatic heterocycles. The molecule has 1 saturated heterocycles. The Morgan fingerprint density at radius 2 is 1.86 bits per heavy atom. The third-order valence-corrected chi connectivity index (χ3v) is 7.73. The smallest absolute Gasteiger partial charge is 0.306 e. The normalized spacial score (nSPS) is 14.9. The van der Waals surface area contributed by atoms with Crippen LogP contribution in [0.2, 0.25) is 0 Å². The Kier molecular flexibility index (Phi) is 6.93. The summed E-state index contributed by atoms with van der Waals surface area (Å²) in [5.41, 5.74) is 1.36. The van der Waals surface area contributed by atoms with Crippen LogP contribution in [0.1, 0.15) is 24.6 Å². The van der Waals surface area contributed by atoms with Gasteiger partial charge in [-0.3, -0.25) is 14.9 Å². The van der Waals surface area contributed by atoms with Crippen LogP contribution in [0.25, 0.3) is 5.78 Å². The predicted octanol–water partition coefficient (Wildman–Crippen LogP) is 1.35. The number of nitro benzene ring substituents is 1. The first-order chi connectivity index (χ1) is 16.7. The molecule has 0 unspecified atom stereocenters. The van der Waals surface area contributed by atoms with Gasteiger partial charge in [-0.1, -0.05) is 0 Å². The van der Waals surface area contributed by atoms with Gasteiger partial charge in [-0.25, -0.2) is 13.4 Å². The molecule has 0 saturated carbocycles. The maximum atomic E-state index is 13.1. The zero-order valence-corrected chi connectivity index (χ0v) is 20.1. The standard InChI is InChI=1S/C21H25N7O6S/c1-3-34-19(29)9-8-18-15(2)24-21-22-14-23-27(21)20(18)25-10-12-26(13-11-25)35(32,33)17-6-4-16(5-7-17)28(30)31/h4-7,14H,3,8-13H2,1-2H3. The summed E-state index contributed by atoms with van der Waals surface area (Å²) in [4.78, 5) is 33.0. The highest BCUT2D eigenvalue weighted by Crippen LogP contribution is 2.28. The fourth-order valence-corrected chi connectivity index (χ4v) is 5.50. The molecule has 0 spiro atoms. The van der Waals surface area contributed by atoms with E-state index in [-0.39, 0.29) is 36.1 Å². The Hall–Kier alpha value is -3.65. The number of hydrogen-bond donors (Lipinski definition) is 0. The molecular formula is C21H25N7O6S. The van der Waals surface area contributed by atoms with Crippen LogP contribution in [0.4, 0.5) is 11.5 Å². The van der Waals surface area contributed by atoms with Gasteiger partial charge in [0.1, 0.15) is 12.1 Å². The molecule has 3 heterocycles. The molecule has 0 atom stereocenters. The molecule has 1 aliphatic heterocycles. The number of anilines is 1. The Morgan fingerprint density at radius 3 is 2.49 bits per heavy atom. The highest BCUT2D eigenvalue weighted by Gasteiger charge is 2.31. The summed E-state index contributed by atoms with van der Waals surface area (Å²) in [6.45, 7) is 5.04. The number of hydrogen-bond acceptors (Lipinski definition) is 10. The van der Waals surface area contributed by atoms with E-state index >= 15 is 0 Å². The second-order valence-corrected chi connectivity index (χ2v) is 9.86. The molecule has 3 aromatic rings. The number of benzene rings is 1. The summed E-state index contributed by atoms with van der Waals surface area (Å²) >= 11 is 0. The van der Waals surface area contributed by atoms with Crippen LogP contribution in [-0.2, 0) is 26.0 Å². The number of carbonyl (C=O) groups is 1. The second kappa shape index (κ2) is 9.92. The van der Waals surface area contributed by atoms with E-state index < -0.39 is 14.9 Å². The highest BCUT2D eigenvalue weighted by atomic mass is 32.2. The molecule has 186 valence electrons. The summed E-state index contributed by atoms with van der Waals surface area (Å²) in [6, 6.07) is 4.86. The third kappa shape index (κ3) is 4.93. The number of aryl methyl sites for hydroxylation is 1. The molecule has 1 aliphatic rings. The third-order valence-electron chi connectivity index (χ3n) is 5.81. The van der Waals surface area contributed by atoms with Gasteiger partial charge < -0.3 is 9.64 Å². The van der Waals surface area contributed by atoms with Crippen molar-refractivity contribution in [2.45, 2.75) is 31.6 Å². The number of nitrogens with zero attached hydrogens (tertiary/aromatic N) is 7. The zero-order valence-electron chi connectivity index (χ0n) is 19.3. The van der Waals surface area contributed by atoms with Crippen LogP contribution in [0.15, 0.2) is 35.5 Å². The van der Waals surface area contributed by atoms with Gasteiger partial charge in [0.25, 0.3) is 11.5 Å². The molecule has 13 nitrogen and oxygen atoms in total. The Labute approximate surface area is 201 Å². The number of carbonyl (C=O) groups excluding carboxylic acids is 1. The molecule has 0 N–H and O–H groups in total. The largest absolute Gasteiger partial charge is 0.466 e. The molecule has 1 aromatic carbocycles. The molecule has 0 radical (unpaired) electrons. The second-order valence-electron chi connectivity index (χ2n) is 7.92. The molecular weight excluding hydrogens is 478 g/mol. The quantitative estimate of drug-likeness (QED) is 0.250. The fraction of sp³-hybridized carbons (Fsp3) is 0.429. The number of sulfonamides is 1. The van der Waals surface area contributed by atoms with E-state index in [4.69, 9.17) is 4.74 Å². The first-order valence-corrected chi connectivity index (χ1v) is 12.5. The predicted molar refractivity (Wildman–Crippen MR) is 125 cm³/mol. The number of aromatic nitrogens is 4. The summed E-state index contributed by atoms with van der Waals surface area (Å²) in [6.07, 6.45) is 1.97. The van der Waals surface area contributed by atoms with Gasteiger partial charge in [-0.2, -0.15) is 18.9 Å². The van der Waals surface area contributed by atoms with Crippen LogP contribution in [0, 0.1) is 17.0 Å². The molecule has 0 amide bonds. The van der Waals surface area contributed by atoms with Crippen molar-refractivity contribution in [3.05, 3.63) is 52.0 Å². The lowest BCUT2D eigenvalue weighted by Crippen LogP contribution is -2.49. The number of esters is 1. The zero-order chi connectivity index (χ0) is 25.2. The van der Waals surface area contributed by atoms with Gasteiger partial charge in [0.15, 0.2) is 0 Å². The minimum atomic E-state index is -3.81. The van der Waals surface area contributed by atoms with Crippen molar-refractivity contribution in [3.63, 3.8) is 0 Å². The van der Waals surface area contributed by atoms with Crippen LogP contribution < -0.4 is 4.90 Å². The van der Waals surface area contributed by atoms with E-state index in [1.807, 2.05) is 11.8 Å². The Bertz CT molecular complexity index is 1350. The molecule has 1 fully saturated rings. The van der Waals surface area contributed by atoms with Crippen molar-refractivity contribution in [2.24, 2.45) is 0 Å². The van der Waals surface area contributed by atoms with E-state index in [1.165, 1.54) is 34.9 Å². The Morgan fingerprint density at radius 1 is 1.17 bits per heavy atom. The van der Waals surface area contributed by atoms with Gasteiger partial charge in [0, 0.05) is 56.0 Å². The number of fused-ring (bicyclic) bond motifs is 1. The average Bonchev–Trinajstić information content (AvgIpc) is 3.30. The summed E-state index contributed by atoms with van der Waals surface area (Å²) in [5, 5.41) is 15.2. The van der Waals surface area contributed by atoms with Gasteiger partial charge in [-0.15, -0.1) is 0 Å². The maximum Gasteiger partial charge on any atom is 0.306 e. The minimum absolute atomic E-state index is 0.00472. The van der Waals surface area contributed by atoms with E-state index in [0.29, 0.717) is 37.6 Å². The van der Waals surface area contributed by atoms with Crippen molar-refractivity contribution in [2.75, 3.05) is 37.7 Å². The first-order valence-electron chi connectivity index (χ1n) is 11.1. The van der Waals surface area contributed by atoms with Crippen LogP contribution in [-0.4, -0.2) is 76.0 Å².